The largest absolute Gasteiger partial charge is 0.342 e. The molecule has 0 spiro atoms. The summed E-state index contributed by atoms with van der Waals surface area (Å²) in [5.41, 5.74) is 5.28. The lowest BCUT2D eigenvalue weighted by Crippen LogP contribution is -2.48. The Labute approximate surface area is 180 Å². The average molecular weight is 415 g/mol. The Morgan fingerprint density at radius 1 is 1.06 bits per heavy atom. The van der Waals surface area contributed by atoms with Gasteiger partial charge in [-0.25, -0.2) is 9.97 Å². The van der Waals surface area contributed by atoms with Crippen molar-refractivity contribution < 1.29 is 4.79 Å². The molecule has 0 aromatic carbocycles. The van der Waals surface area contributed by atoms with Crippen molar-refractivity contribution in [1.82, 2.24) is 24.4 Å². The number of rotatable bonds is 2. The van der Waals surface area contributed by atoms with Crippen LogP contribution in [-0.4, -0.2) is 43.4 Å². The van der Waals surface area contributed by atoms with E-state index >= 15 is 0 Å². The van der Waals surface area contributed by atoms with Gasteiger partial charge in [-0.1, -0.05) is 0 Å². The Balaban J connectivity index is 1.56. The van der Waals surface area contributed by atoms with Crippen molar-refractivity contribution in [2.24, 2.45) is 5.92 Å². The molecule has 2 aliphatic heterocycles. The number of likely N-dealkylation sites (tertiary alicyclic amines) is 1. The van der Waals surface area contributed by atoms with E-state index in [1.807, 2.05) is 47.6 Å². The van der Waals surface area contributed by atoms with E-state index in [9.17, 15) is 9.59 Å². The average Bonchev–Trinajstić information content (AvgIpc) is 2.74. The number of aromatic nitrogens is 4. The van der Waals surface area contributed by atoms with Gasteiger partial charge in [-0.2, -0.15) is 0 Å². The molecule has 3 aromatic heterocycles. The number of amides is 1. The molecule has 2 atom stereocenters. The van der Waals surface area contributed by atoms with Crippen LogP contribution in [0.15, 0.2) is 41.3 Å². The van der Waals surface area contributed by atoms with Crippen LogP contribution in [-0.2, 0) is 11.3 Å². The molecule has 0 saturated carbocycles. The minimum absolute atomic E-state index is 0.0272. The summed E-state index contributed by atoms with van der Waals surface area (Å²) in [6.07, 6.45) is 2.73. The van der Waals surface area contributed by atoms with Crippen molar-refractivity contribution in [3.8, 4) is 22.6 Å². The molecule has 0 radical (unpaired) electrons. The zero-order chi connectivity index (χ0) is 21.7. The fourth-order valence-electron chi connectivity index (χ4n) is 4.95. The van der Waals surface area contributed by atoms with Gasteiger partial charge < -0.3 is 9.47 Å². The van der Waals surface area contributed by atoms with Crippen LogP contribution >= 0.6 is 0 Å². The summed E-state index contributed by atoms with van der Waals surface area (Å²) in [6, 6.07) is 9.52. The first kappa shape index (κ1) is 19.6. The van der Waals surface area contributed by atoms with Crippen LogP contribution in [0.3, 0.4) is 0 Å². The second-order valence-corrected chi connectivity index (χ2v) is 8.69. The molecule has 1 amide bonds. The zero-order valence-corrected chi connectivity index (χ0v) is 18.0. The maximum absolute atomic E-state index is 13.0. The van der Waals surface area contributed by atoms with Crippen molar-refractivity contribution in [3.05, 3.63) is 64.0 Å². The summed E-state index contributed by atoms with van der Waals surface area (Å²) >= 11 is 0. The SMILES string of the molecule is CC(=O)N1C[C@@H]2C[C@H](C1)c1cc(-c3nccc(-c4ccc(C)nc4C)n3)cc(=O)n1C2. The fourth-order valence-corrected chi connectivity index (χ4v) is 4.95. The highest BCUT2D eigenvalue weighted by Crippen LogP contribution is 2.36. The molecule has 0 N–H and O–H groups in total. The summed E-state index contributed by atoms with van der Waals surface area (Å²) < 4.78 is 1.87. The van der Waals surface area contributed by atoms with Gasteiger partial charge in [0.1, 0.15) is 0 Å². The fraction of sp³-hybridized carbons (Fsp3) is 0.375. The number of nitrogens with zero attached hydrogens (tertiary/aromatic N) is 5. The van der Waals surface area contributed by atoms with Crippen molar-refractivity contribution in [3.63, 3.8) is 0 Å². The number of piperidine rings is 1. The number of hydrogen-bond donors (Lipinski definition) is 0. The summed E-state index contributed by atoms with van der Waals surface area (Å²) in [5.74, 6) is 1.12. The standard InChI is InChI=1S/C24H25N5O2/c1-14-4-5-20(15(2)26-14)21-6-7-25-24(27-21)18-9-22-19-8-17(11-28(13-19)16(3)30)12-29(22)23(31)10-18/h4-7,9-10,17,19H,8,11-13H2,1-3H3/t17-,19+/m0/s1. The molecule has 2 aliphatic rings. The maximum Gasteiger partial charge on any atom is 0.251 e. The second-order valence-electron chi connectivity index (χ2n) is 8.69. The monoisotopic (exact) mass is 415 g/mol. The predicted molar refractivity (Wildman–Crippen MR) is 118 cm³/mol. The van der Waals surface area contributed by atoms with Crippen LogP contribution in [0.5, 0.6) is 0 Å². The van der Waals surface area contributed by atoms with Crippen LogP contribution < -0.4 is 5.56 Å². The molecular weight excluding hydrogens is 390 g/mol. The van der Waals surface area contributed by atoms with Crippen LogP contribution in [0.25, 0.3) is 22.6 Å². The van der Waals surface area contributed by atoms with Gasteiger partial charge >= 0.3 is 0 Å². The Morgan fingerprint density at radius 3 is 2.68 bits per heavy atom. The van der Waals surface area contributed by atoms with E-state index in [2.05, 4.69) is 9.97 Å². The van der Waals surface area contributed by atoms with Gasteiger partial charge in [0.05, 0.1) is 5.69 Å². The van der Waals surface area contributed by atoms with Crippen LogP contribution in [0.1, 0.15) is 36.3 Å². The van der Waals surface area contributed by atoms with Crippen molar-refractivity contribution in [1.29, 1.82) is 0 Å². The van der Waals surface area contributed by atoms with Gasteiger partial charge in [0, 0.05) is 72.9 Å². The number of hydrogen-bond acceptors (Lipinski definition) is 5. The van der Waals surface area contributed by atoms with Crippen molar-refractivity contribution in [2.75, 3.05) is 13.1 Å². The zero-order valence-electron chi connectivity index (χ0n) is 18.0. The van der Waals surface area contributed by atoms with Crippen LogP contribution in [0.2, 0.25) is 0 Å². The Hall–Kier alpha value is -3.35. The number of carbonyl (C=O) groups is 1. The van der Waals surface area contributed by atoms with E-state index in [1.165, 1.54) is 0 Å². The minimum Gasteiger partial charge on any atom is -0.342 e. The van der Waals surface area contributed by atoms with Gasteiger partial charge in [-0.05, 0) is 50.5 Å². The Morgan fingerprint density at radius 2 is 1.90 bits per heavy atom. The summed E-state index contributed by atoms with van der Waals surface area (Å²) in [6.45, 7) is 7.59. The van der Waals surface area contributed by atoms with Crippen molar-refractivity contribution >= 4 is 5.91 Å². The first-order chi connectivity index (χ1) is 14.9. The molecule has 31 heavy (non-hydrogen) atoms. The predicted octanol–water partition coefficient (Wildman–Crippen LogP) is 2.95. The first-order valence-electron chi connectivity index (χ1n) is 10.7. The first-order valence-corrected chi connectivity index (χ1v) is 10.7. The van der Waals surface area contributed by atoms with Gasteiger partial charge in [0.2, 0.25) is 5.91 Å². The molecule has 0 unspecified atom stereocenters. The third-order valence-corrected chi connectivity index (χ3v) is 6.42. The molecule has 7 heteroatoms. The Bertz CT molecular complexity index is 1250. The molecule has 5 heterocycles. The number of fused-ring (bicyclic) bond motifs is 4. The quantitative estimate of drug-likeness (QED) is 0.643. The lowest BCUT2D eigenvalue weighted by atomic mass is 9.82. The van der Waals surface area contributed by atoms with E-state index in [-0.39, 0.29) is 17.4 Å². The van der Waals surface area contributed by atoms with E-state index in [0.29, 0.717) is 30.4 Å². The van der Waals surface area contributed by atoms with Crippen LogP contribution in [0, 0.1) is 19.8 Å². The van der Waals surface area contributed by atoms with E-state index in [0.717, 1.165) is 41.3 Å². The van der Waals surface area contributed by atoms with E-state index in [1.54, 1.807) is 19.2 Å². The highest BCUT2D eigenvalue weighted by atomic mass is 16.2. The number of pyridine rings is 2. The lowest BCUT2D eigenvalue weighted by Gasteiger charge is -2.42. The summed E-state index contributed by atoms with van der Waals surface area (Å²) in [4.78, 5) is 40.6. The maximum atomic E-state index is 13.0. The van der Waals surface area contributed by atoms with Crippen LogP contribution in [0.4, 0.5) is 0 Å². The highest BCUT2D eigenvalue weighted by molar-refractivity contribution is 5.73. The van der Waals surface area contributed by atoms with Gasteiger partial charge in [-0.3, -0.25) is 14.6 Å². The molecule has 7 nitrogen and oxygen atoms in total. The molecule has 1 fully saturated rings. The molecular formula is C24H25N5O2. The molecule has 3 aromatic rings. The molecule has 0 aliphatic carbocycles. The minimum atomic E-state index is -0.0272. The topological polar surface area (TPSA) is 81.0 Å². The molecule has 158 valence electrons. The summed E-state index contributed by atoms with van der Waals surface area (Å²) in [7, 11) is 0. The van der Waals surface area contributed by atoms with Gasteiger partial charge in [0.15, 0.2) is 5.82 Å². The molecule has 2 bridgehead atoms. The lowest BCUT2D eigenvalue weighted by molar-refractivity contribution is -0.131. The van der Waals surface area contributed by atoms with Gasteiger partial charge in [-0.15, -0.1) is 0 Å². The molecule has 5 rings (SSSR count). The summed E-state index contributed by atoms with van der Waals surface area (Å²) in [5, 5.41) is 0. The molecule has 1 saturated heterocycles. The number of aryl methyl sites for hydroxylation is 2. The third-order valence-electron chi connectivity index (χ3n) is 6.42. The van der Waals surface area contributed by atoms with E-state index < -0.39 is 0 Å². The Kier molecular flexibility index (Phi) is 4.68. The highest BCUT2D eigenvalue weighted by Gasteiger charge is 2.35. The van der Waals surface area contributed by atoms with Gasteiger partial charge in [0.25, 0.3) is 5.56 Å². The normalized spacial score (nSPS) is 19.8. The number of carbonyl (C=O) groups excluding carboxylic acids is 1. The van der Waals surface area contributed by atoms with Crippen molar-refractivity contribution in [2.45, 2.75) is 39.7 Å². The third kappa shape index (κ3) is 3.54. The van der Waals surface area contributed by atoms with E-state index in [4.69, 9.17) is 4.98 Å². The smallest absolute Gasteiger partial charge is 0.251 e. The second kappa shape index (κ2) is 7.41.